The molecule has 1 saturated heterocycles. The van der Waals surface area contributed by atoms with Gasteiger partial charge in [0.25, 0.3) is 0 Å². The maximum absolute atomic E-state index is 11.2. The average Bonchev–Trinajstić information content (AvgIpc) is 2.72. The fourth-order valence-electron chi connectivity index (χ4n) is 2.58. The Morgan fingerprint density at radius 3 is 2.74 bits per heavy atom. The molecule has 1 aliphatic heterocycles. The van der Waals surface area contributed by atoms with Crippen molar-refractivity contribution in [2.45, 2.75) is 33.6 Å². The van der Waals surface area contributed by atoms with Gasteiger partial charge in [0.1, 0.15) is 5.84 Å². The molecule has 0 unspecified atom stereocenters. The first-order chi connectivity index (χ1) is 13.0. The largest absolute Gasteiger partial charge is 0.370 e. The number of hydrogen-bond acceptors (Lipinski definition) is 4. The second kappa shape index (κ2) is 11.9. The molecule has 1 heterocycles. The Morgan fingerprint density at radius 2 is 2.11 bits per heavy atom. The van der Waals surface area contributed by atoms with E-state index in [1.54, 1.807) is 4.90 Å². The van der Waals surface area contributed by atoms with Crippen molar-refractivity contribution in [3.8, 4) is 0 Å². The maximum atomic E-state index is 11.2. The van der Waals surface area contributed by atoms with Gasteiger partial charge < -0.3 is 16.1 Å². The number of amides is 2. The summed E-state index contributed by atoms with van der Waals surface area (Å²) in [5.41, 5.74) is 11.1. The Labute approximate surface area is 161 Å². The second-order valence-electron chi connectivity index (χ2n) is 6.15. The van der Waals surface area contributed by atoms with Crippen LogP contribution in [0.3, 0.4) is 0 Å². The van der Waals surface area contributed by atoms with Crippen LogP contribution in [0.5, 0.6) is 0 Å². The van der Waals surface area contributed by atoms with Gasteiger partial charge in [-0.15, -0.1) is 0 Å². The molecule has 0 bridgehead atoms. The standard InChI is InChI=1S/C18H25N5O2.C2H6/c1-14-5-3-6-16(11-14)20-18-15(2)12-22(13-24)8-4-9-23(21-18)10-7-17(19)25;1-2/h3,5-6,11,13H,2,4,7-10,12H2,1H3,(H2,19,25)(H,20,21);1-2H3. The molecule has 148 valence electrons. The van der Waals surface area contributed by atoms with Crippen molar-refractivity contribution in [2.24, 2.45) is 10.7 Å². The highest BCUT2D eigenvalue weighted by Crippen LogP contribution is 2.15. The fourth-order valence-corrected chi connectivity index (χ4v) is 2.58. The van der Waals surface area contributed by atoms with Gasteiger partial charge in [-0.3, -0.25) is 9.59 Å². The molecule has 2 amide bonds. The molecule has 0 radical (unpaired) electrons. The fraction of sp³-hybridized carbons (Fsp3) is 0.450. The van der Waals surface area contributed by atoms with Crippen LogP contribution >= 0.6 is 0 Å². The normalized spacial score (nSPS) is 17.1. The van der Waals surface area contributed by atoms with E-state index >= 15 is 0 Å². The number of carbonyl (C=O) groups excluding carboxylic acids is 2. The van der Waals surface area contributed by atoms with Crippen LogP contribution in [-0.2, 0) is 9.59 Å². The molecule has 0 saturated carbocycles. The van der Waals surface area contributed by atoms with Crippen molar-refractivity contribution < 1.29 is 9.59 Å². The Bertz CT molecular complexity index is 672. The smallest absolute Gasteiger partial charge is 0.218 e. The van der Waals surface area contributed by atoms with E-state index in [4.69, 9.17) is 5.73 Å². The van der Waals surface area contributed by atoms with E-state index in [1.807, 2.05) is 50.0 Å². The molecule has 1 aromatic rings. The zero-order valence-electron chi connectivity index (χ0n) is 16.6. The quantitative estimate of drug-likeness (QED) is 0.774. The molecule has 0 spiro atoms. The Hall–Kier alpha value is -2.67. The highest BCUT2D eigenvalue weighted by atomic mass is 16.1. The van der Waals surface area contributed by atoms with Crippen LogP contribution in [0.4, 0.5) is 5.69 Å². The van der Waals surface area contributed by atoms with Crippen molar-refractivity contribution in [1.82, 2.24) is 15.3 Å². The summed E-state index contributed by atoms with van der Waals surface area (Å²) >= 11 is 0. The van der Waals surface area contributed by atoms with Crippen LogP contribution in [0.2, 0.25) is 0 Å². The molecule has 27 heavy (non-hydrogen) atoms. The highest BCUT2D eigenvalue weighted by molar-refractivity contribution is 5.99. The summed E-state index contributed by atoms with van der Waals surface area (Å²) in [5, 5.41) is 1.90. The van der Waals surface area contributed by atoms with Crippen LogP contribution in [0.15, 0.2) is 41.4 Å². The first-order valence-corrected chi connectivity index (χ1v) is 9.30. The molecular formula is C20H31N5O2. The minimum Gasteiger partial charge on any atom is -0.370 e. The highest BCUT2D eigenvalue weighted by Gasteiger charge is 2.17. The molecule has 7 nitrogen and oxygen atoms in total. The van der Waals surface area contributed by atoms with E-state index in [0.717, 1.165) is 24.1 Å². The topological polar surface area (TPSA) is 91.0 Å². The van der Waals surface area contributed by atoms with Gasteiger partial charge in [0.2, 0.25) is 12.3 Å². The van der Waals surface area contributed by atoms with Crippen LogP contribution in [-0.4, -0.2) is 54.2 Å². The number of benzene rings is 1. The third-order valence-electron chi connectivity index (χ3n) is 3.89. The van der Waals surface area contributed by atoms with Crippen LogP contribution in [0.25, 0.3) is 0 Å². The van der Waals surface area contributed by atoms with Crippen molar-refractivity contribution in [2.75, 3.05) is 26.2 Å². The number of rotatable bonds is 5. The van der Waals surface area contributed by atoms with Crippen LogP contribution < -0.4 is 11.2 Å². The Morgan fingerprint density at radius 1 is 1.37 bits per heavy atom. The minimum atomic E-state index is -0.354. The van der Waals surface area contributed by atoms with Gasteiger partial charge in [-0.25, -0.2) is 10.0 Å². The Balaban J connectivity index is 0.00000176. The summed E-state index contributed by atoms with van der Waals surface area (Å²) in [5.74, 6) is 0.232. The number of aliphatic imine (C=N–C) groups is 1. The van der Waals surface area contributed by atoms with E-state index in [9.17, 15) is 9.59 Å². The average molecular weight is 374 g/mol. The lowest BCUT2D eigenvalue weighted by molar-refractivity contribution is -0.118. The molecular weight excluding hydrogens is 342 g/mol. The number of aryl methyl sites for hydroxylation is 1. The number of amidine groups is 1. The van der Waals surface area contributed by atoms with Gasteiger partial charge in [-0.1, -0.05) is 32.6 Å². The van der Waals surface area contributed by atoms with Gasteiger partial charge in [-0.2, -0.15) is 0 Å². The predicted octanol–water partition coefficient (Wildman–Crippen LogP) is 2.15. The molecule has 1 fully saturated rings. The predicted molar refractivity (Wildman–Crippen MR) is 110 cm³/mol. The van der Waals surface area contributed by atoms with Crippen molar-refractivity contribution in [3.63, 3.8) is 0 Å². The number of nitrogens with two attached hydrogens (primary N) is 1. The monoisotopic (exact) mass is 373 g/mol. The summed E-state index contributed by atoms with van der Waals surface area (Å²) in [4.78, 5) is 28.7. The minimum absolute atomic E-state index is 0.245. The van der Waals surface area contributed by atoms with Gasteiger partial charge in [0, 0.05) is 38.2 Å². The summed E-state index contributed by atoms with van der Waals surface area (Å²) in [7, 11) is 0. The molecule has 3 N–H and O–H groups in total. The SMILES string of the molecule is C=C1CN(C=O)CCCN(CCC(N)=O)NC1=Nc1cccc(C)c1.CC. The Kier molecular flexibility index (Phi) is 9.82. The van der Waals surface area contributed by atoms with E-state index < -0.39 is 0 Å². The lowest BCUT2D eigenvalue weighted by atomic mass is 10.2. The summed E-state index contributed by atoms with van der Waals surface area (Å²) in [6.07, 6.45) is 1.85. The van der Waals surface area contributed by atoms with Gasteiger partial charge in [-0.05, 0) is 31.0 Å². The third-order valence-corrected chi connectivity index (χ3v) is 3.89. The van der Waals surface area contributed by atoms with Crippen LogP contribution in [0, 0.1) is 6.92 Å². The van der Waals surface area contributed by atoms with E-state index in [0.29, 0.717) is 37.6 Å². The molecule has 0 atom stereocenters. The lowest BCUT2D eigenvalue weighted by Gasteiger charge is -2.24. The van der Waals surface area contributed by atoms with E-state index in [1.165, 1.54) is 0 Å². The summed E-state index contributed by atoms with van der Waals surface area (Å²) < 4.78 is 0. The number of nitrogens with zero attached hydrogens (tertiary/aromatic N) is 3. The number of nitrogens with one attached hydrogen (secondary N) is 1. The van der Waals surface area contributed by atoms with Gasteiger partial charge >= 0.3 is 0 Å². The van der Waals surface area contributed by atoms with Crippen molar-refractivity contribution in [3.05, 3.63) is 42.0 Å². The van der Waals surface area contributed by atoms with Gasteiger partial charge in [0.15, 0.2) is 0 Å². The molecule has 0 aliphatic carbocycles. The molecule has 2 rings (SSSR count). The van der Waals surface area contributed by atoms with Crippen molar-refractivity contribution >= 4 is 23.8 Å². The number of carbonyl (C=O) groups is 2. The first-order valence-electron chi connectivity index (χ1n) is 9.30. The summed E-state index contributed by atoms with van der Waals surface area (Å²) in [6.45, 7) is 12.2. The second-order valence-corrected chi connectivity index (χ2v) is 6.15. The number of hydrogen-bond donors (Lipinski definition) is 2. The molecule has 1 aliphatic rings. The van der Waals surface area contributed by atoms with E-state index in [-0.39, 0.29) is 12.3 Å². The van der Waals surface area contributed by atoms with Gasteiger partial charge in [0.05, 0.1) is 5.69 Å². The first kappa shape index (κ1) is 22.4. The third kappa shape index (κ3) is 8.04. The number of primary amides is 1. The molecule has 0 aromatic heterocycles. The summed E-state index contributed by atoms with van der Waals surface area (Å²) in [6, 6.07) is 7.82. The maximum Gasteiger partial charge on any atom is 0.218 e. The van der Waals surface area contributed by atoms with E-state index in [2.05, 4.69) is 17.0 Å². The zero-order chi connectivity index (χ0) is 20.2. The van der Waals surface area contributed by atoms with Crippen molar-refractivity contribution in [1.29, 1.82) is 0 Å². The van der Waals surface area contributed by atoms with Crippen LogP contribution in [0.1, 0.15) is 32.3 Å². The molecule has 1 aromatic carbocycles. The molecule has 7 heteroatoms. The lowest BCUT2D eigenvalue weighted by Crippen LogP contribution is -2.44. The number of hydrazine groups is 1. The zero-order valence-corrected chi connectivity index (χ0v) is 16.6.